The zero-order chi connectivity index (χ0) is 18.5. The first kappa shape index (κ1) is 18.3. The Morgan fingerprint density at radius 3 is 2.46 bits per heavy atom. The minimum Gasteiger partial charge on any atom is -0.497 e. The Kier molecular flexibility index (Phi) is 5.78. The highest BCUT2D eigenvalue weighted by molar-refractivity contribution is 5.82. The summed E-state index contributed by atoms with van der Waals surface area (Å²) in [6, 6.07) is 15.3. The second-order valence-electron chi connectivity index (χ2n) is 6.63. The summed E-state index contributed by atoms with van der Waals surface area (Å²) >= 11 is 0. The number of methoxy groups -OCH3 is 1. The fourth-order valence-electron chi connectivity index (χ4n) is 3.40. The molecule has 2 aromatic rings. The van der Waals surface area contributed by atoms with Crippen LogP contribution in [0.1, 0.15) is 23.7 Å². The van der Waals surface area contributed by atoms with Crippen molar-refractivity contribution in [2.75, 3.05) is 38.2 Å². The average molecular weight is 354 g/mol. The molecule has 5 heteroatoms. The molecule has 1 saturated heterocycles. The van der Waals surface area contributed by atoms with E-state index in [1.54, 1.807) is 36.3 Å². The number of hydrogen-bond donors (Lipinski definition) is 1. The van der Waals surface area contributed by atoms with Crippen molar-refractivity contribution in [3.63, 3.8) is 0 Å². The molecule has 0 bridgehead atoms. The summed E-state index contributed by atoms with van der Waals surface area (Å²) in [5, 5.41) is 10.5. The molecule has 0 spiro atoms. The first-order valence-electron chi connectivity index (χ1n) is 9.01. The molecule has 0 aromatic heterocycles. The number of benzene rings is 2. The largest absolute Gasteiger partial charge is 0.497 e. The monoisotopic (exact) mass is 354 g/mol. The summed E-state index contributed by atoms with van der Waals surface area (Å²) in [4.78, 5) is 16.8. The second-order valence-corrected chi connectivity index (χ2v) is 6.63. The number of anilines is 1. The lowest BCUT2D eigenvalue weighted by Crippen LogP contribution is -2.38. The van der Waals surface area contributed by atoms with Crippen LogP contribution in [0.2, 0.25) is 0 Å². The minimum absolute atomic E-state index is 0.234. The van der Waals surface area contributed by atoms with E-state index in [1.807, 2.05) is 12.1 Å². The van der Waals surface area contributed by atoms with Gasteiger partial charge >= 0.3 is 0 Å². The smallest absolute Gasteiger partial charge is 0.256 e. The molecular formula is C21H26N2O3. The van der Waals surface area contributed by atoms with Gasteiger partial charge in [-0.2, -0.15) is 0 Å². The fourth-order valence-corrected chi connectivity index (χ4v) is 3.40. The van der Waals surface area contributed by atoms with Gasteiger partial charge in [0, 0.05) is 31.9 Å². The highest BCUT2D eigenvalue weighted by Crippen LogP contribution is 2.23. The van der Waals surface area contributed by atoms with Crippen molar-refractivity contribution in [3.05, 3.63) is 59.7 Å². The zero-order valence-electron chi connectivity index (χ0n) is 15.4. The molecule has 138 valence electrons. The molecule has 26 heavy (non-hydrogen) atoms. The number of ether oxygens (including phenoxy) is 1. The quantitative estimate of drug-likeness (QED) is 0.917. The van der Waals surface area contributed by atoms with Crippen molar-refractivity contribution in [2.24, 2.45) is 0 Å². The molecule has 1 N–H and O–H groups in total. The number of carbonyl (C=O) groups is 1. The number of aliphatic hydroxyl groups excluding tert-OH is 1. The molecule has 1 atom stereocenters. The number of amides is 1. The van der Waals surface area contributed by atoms with Crippen molar-refractivity contribution in [3.8, 4) is 5.75 Å². The Balaban J connectivity index is 1.66. The molecule has 1 fully saturated rings. The Morgan fingerprint density at radius 1 is 1.04 bits per heavy atom. The summed E-state index contributed by atoms with van der Waals surface area (Å²) in [7, 11) is 1.59. The van der Waals surface area contributed by atoms with E-state index in [2.05, 4.69) is 24.0 Å². The molecule has 0 radical (unpaired) electrons. The molecule has 2 aromatic carbocycles. The van der Waals surface area contributed by atoms with Crippen LogP contribution < -0.4 is 9.64 Å². The van der Waals surface area contributed by atoms with Crippen LogP contribution in [0.25, 0.3) is 0 Å². The number of hydrogen-bond acceptors (Lipinski definition) is 4. The van der Waals surface area contributed by atoms with Gasteiger partial charge in [-0.15, -0.1) is 0 Å². The van der Waals surface area contributed by atoms with E-state index >= 15 is 0 Å². The van der Waals surface area contributed by atoms with E-state index in [1.165, 1.54) is 11.3 Å². The van der Waals surface area contributed by atoms with Gasteiger partial charge in [0.05, 0.1) is 7.11 Å². The number of rotatable bonds is 4. The third kappa shape index (κ3) is 3.99. The number of para-hydroxylation sites is 1. The van der Waals surface area contributed by atoms with Gasteiger partial charge in [0.2, 0.25) is 0 Å². The Morgan fingerprint density at radius 2 is 1.77 bits per heavy atom. The molecule has 5 nitrogen and oxygen atoms in total. The van der Waals surface area contributed by atoms with Crippen LogP contribution in [-0.4, -0.2) is 49.2 Å². The van der Waals surface area contributed by atoms with Crippen LogP contribution >= 0.6 is 0 Å². The number of aryl methyl sites for hydroxylation is 1. The lowest BCUT2D eigenvalue weighted by molar-refractivity contribution is -0.140. The van der Waals surface area contributed by atoms with Gasteiger partial charge in [0.25, 0.3) is 5.91 Å². The van der Waals surface area contributed by atoms with Crippen LogP contribution in [0, 0.1) is 6.92 Å². The summed E-state index contributed by atoms with van der Waals surface area (Å²) in [6.07, 6.45) is -0.249. The van der Waals surface area contributed by atoms with Crippen molar-refractivity contribution in [2.45, 2.75) is 19.4 Å². The molecule has 0 saturated carbocycles. The molecule has 0 unspecified atom stereocenters. The van der Waals surface area contributed by atoms with Crippen LogP contribution in [0.5, 0.6) is 5.75 Å². The Labute approximate surface area is 154 Å². The van der Waals surface area contributed by atoms with Gasteiger partial charge in [0.1, 0.15) is 5.75 Å². The predicted molar refractivity (Wildman–Crippen MR) is 103 cm³/mol. The Hall–Kier alpha value is -2.53. The van der Waals surface area contributed by atoms with Gasteiger partial charge < -0.3 is 19.6 Å². The van der Waals surface area contributed by atoms with E-state index < -0.39 is 6.10 Å². The first-order valence-corrected chi connectivity index (χ1v) is 9.01. The molecule has 1 amide bonds. The lowest BCUT2D eigenvalue weighted by atomic mass is 10.1. The van der Waals surface area contributed by atoms with Gasteiger partial charge in [-0.25, -0.2) is 0 Å². The maximum Gasteiger partial charge on any atom is 0.256 e. The van der Waals surface area contributed by atoms with E-state index in [4.69, 9.17) is 4.74 Å². The SMILES string of the molecule is COc1ccc([C@H](O)C(=O)N2CCCN(c3ccccc3C)CC2)cc1. The Bertz CT molecular complexity index is 745. The molecule has 0 aliphatic carbocycles. The summed E-state index contributed by atoms with van der Waals surface area (Å²) in [5.41, 5.74) is 3.05. The fraction of sp³-hybridized carbons (Fsp3) is 0.381. The maximum absolute atomic E-state index is 12.7. The molecule has 1 aliphatic heterocycles. The predicted octanol–water partition coefficient (Wildman–Crippen LogP) is 2.78. The zero-order valence-corrected chi connectivity index (χ0v) is 15.4. The average Bonchev–Trinajstić information content (AvgIpc) is 2.93. The topological polar surface area (TPSA) is 53.0 Å². The third-order valence-corrected chi connectivity index (χ3v) is 4.93. The van der Waals surface area contributed by atoms with Gasteiger partial charge in [-0.1, -0.05) is 30.3 Å². The number of nitrogens with zero attached hydrogens (tertiary/aromatic N) is 2. The number of carbonyl (C=O) groups excluding carboxylic acids is 1. The maximum atomic E-state index is 12.7. The van der Waals surface area contributed by atoms with Crippen LogP contribution in [0.15, 0.2) is 48.5 Å². The van der Waals surface area contributed by atoms with Gasteiger partial charge in [-0.05, 0) is 42.7 Å². The van der Waals surface area contributed by atoms with Crippen molar-refractivity contribution in [1.82, 2.24) is 4.90 Å². The molecular weight excluding hydrogens is 328 g/mol. The molecule has 3 rings (SSSR count). The highest BCUT2D eigenvalue weighted by Gasteiger charge is 2.26. The summed E-state index contributed by atoms with van der Waals surface area (Å²) < 4.78 is 5.12. The molecule has 1 heterocycles. The van der Waals surface area contributed by atoms with Crippen molar-refractivity contribution >= 4 is 11.6 Å². The van der Waals surface area contributed by atoms with Crippen molar-refractivity contribution in [1.29, 1.82) is 0 Å². The summed E-state index contributed by atoms with van der Waals surface area (Å²) in [5.74, 6) is 0.471. The number of aliphatic hydroxyl groups is 1. The van der Waals surface area contributed by atoms with E-state index in [-0.39, 0.29) is 5.91 Å². The van der Waals surface area contributed by atoms with Gasteiger partial charge in [-0.3, -0.25) is 4.79 Å². The summed E-state index contributed by atoms with van der Waals surface area (Å²) in [6.45, 7) is 5.06. The normalized spacial score (nSPS) is 16.1. The van der Waals surface area contributed by atoms with Crippen LogP contribution in [-0.2, 0) is 4.79 Å². The van der Waals surface area contributed by atoms with E-state index in [0.717, 1.165) is 19.5 Å². The first-order chi connectivity index (χ1) is 12.6. The minimum atomic E-state index is -1.13. The highest BCUT2D eigenvalue weighted by atomic mass is 16.5. The standard InChI is InChI=1S/C21H26N2O3/c1-16-6-3-4-7-19(16)22-12-5-13-23(15-14-22)21(25)20(24)17-8-10-18(26-2)11-9-17/h3-4,6-11,20,24H,5,12-15H2,1-2H3/t20-/m0/s1. The van der Waals surface area contributed by atoms with E-state index in [0.29, 0.717) is 24.4 Å². The van der Waals surface area contributed by atoms with E-state index in [9.17, 15) is 9.90 Å². The van der Waals surface area contributed by atoms with Crippen LogP contribution in [0.3, 0.4) is 0 Å². The third-order valence-electron chi connectivity index (χ3n) is 4.93. The van der Waals surface area contributed by atoms with Crippen molar-refractivity contribution < 1.29 is 14.6 Å². The molecule has 1 aliphatic rings. The lowest BCUT2D eigenvalue weighted by Gasteiger charge is -2.26. The van der Waals surface area contributed by atoms with Gasteiger partial charge in [0.15, 0.2) is 6.10 Å². The second kappa shape index (κ2) is 8.23. The van der Waals surface area contributed by atoms with Crippen LogP contribution in [0.4, 0.5) is 5.69 Å².